The first-order valence-corrected chi connectivity index (χ1v) is 9.18. The van der Waals surface area contributed by atoms with Crippen molar-refractivity contribution in [2.75, 3.05) is 0 Å². The second-order valence-corrected chi connectivity index (χ2v) is 7.35. The molecule has 21 heavy (non-hydrogen) atoms. The van der Waals surface area contributed by atoms with Gasteiger partial charge in [-0.15, -0.1) is 0 Å². The van der Waals surface area contributed by atoms with Gasteiger partial charge in [0.05, 0.1) is 0 Å². The smallest absolute Gasteiger partial charge is 0.0297 e. The lowest BCUT2D eigenvalue weighted by atomic mass is 9.82. The van der Waals surface area contributed by atoms with Crippen LogP contribution >= 0.6 is 0 Å². The quantitative estimate of drug-likeness (QED) is 0.754. The molecule has 2 saturated carbocycles. The zero-order chi connectivity index (χ0) is 14.5. The van der Waals surface area contributed by atoms with E-state index < -0.39 is 0 Å². The van der Waals surface area contributed by atoms with Gasteiger partial charge in [-0.1, -0.05) is 75.6 Å². The van der Waals surface area contributed by atoms with Gasteiger partial charge in [-0.2, -0.15) is 0 Å². The van der Waals surface area contributed by atoms with Crippen LogP contribution in [-0.4, -0.2) is 0 Å². The number of hydrogen-bond donors (Lipinski definition) is 1. The van der Waals surface area contributed by atoms with Crippen LogP contribution in [0.5, 0.6) is 0 Å². The molecule has 0 saturated heterocycles. The molecule has 0 bridgehead atoms. The van der Waals surface area contributed by atoms with Gasteiger partial charge in [-0.3, -0.25) is 0 Å². The van der Waals surface area contributed by atoms with Gasteiger partial charge < -0.3 is 5.73 Å². The Labute approximate surface area is 130 Å². The Morgan fingerprint density at radius 3 is 2.00 bits per heavy atom. The van der Waals surface area contributed by atoms with E-state index >= 15 is 0 Å². The largest absolute Gasteiger partial charge is 0.324 e. The summed E-state index contributed by atoms with van der Waals surface area (Å²) < 4.78 is 0. The Balaban J connectivity index is 1.57. The minimum Gasteiger partial charge on any atom is -0.324 e. The van der Waals surface area contributed by atoms with Crippen LogP contribution in [0.15, 0.2) is 24.3 Å². The normalized spacial score (nSPS) is 23.1. The van der Waals surface area contributed by atoms with Gasteiger partial charge in [0.15, 0.2) is 0 Å². The van der Waals surface area contributed by atoms with Crippen molar-refractivity contribution in [1.82, 2.24) is 0 Å². The van der Waals surface area contributed by atoms with Crippen molar-refractivity contribution in [2.24, 2.45) is 11.7 Å². The lowest BCUT2D eigenvalue weighted by Crippen LogP contribution is -2.17. The van der Waals surface area contributed by atoms with Crippen molar-refractivity contribution in [3.05, 3.63) is 35.4 Å². The lowest BCUT2D eigenvalue weighted by Gasteiger charge is -2.25. The fourth-order valence-corrected chi connectivity index (χ4v) is 4.37. The highest BCUT2D eigenvalue weighted by molar-refractivity contribution is 5.27. The van der Waals surface area contributed by atoms with E-state index in [1.54, 1.807) is 5.56 Å². The molecule has 0 aliphatic heterocycles. The highest BCUT2D eigenvalue weighted by Crippen LogP contribution is 2.34. The molecular formula is C20H31N. The van der Waals surface area contributed by atoms with Gasteiger partial charge in [0.2, 0.25) is 0 Å². The number of nitrogens with two attached hydrogens (primary N) is 1. The molecule has 3 rings (SSSR count). The molecule has 0 spiro atoms. The minimum atomic E-state index is 0.244. The monoisotopic (exact) mass is 285 g/mol. The molecule has 1 aromatic rings. The molecule has 2 aliphatic rings. The fourth-order valence-electron chi connectivity index (χ4n) is 4.37. The fraction of sp³-hybridized carbons (Fsp3) is 0.700. The molecule has 0 amide bonds. The van der Waals surface area contributed by atoms with E-state index in [0.29, 0.717) is 0 Å². The first-order valence-electron chi connectivity index (χ1n) is 9.18. The summed E-state index contributed by atoms with van der Waals surface area (Å²) >= 11 is 0. The molecule has 1 aromatic carbocycles. The SMILES string of the molecule is NC(CC1CCCCC1)c1ccc(C2CCCCC2)cc1. The van der Waals surface area contributed by atoms with E-state index in [2.05, 4.69) is 24.3 Å². The van der Waals surface area contributed by atoms with Crippen LogP contribution in [0, 0.1) is 5.92 Å². The Kier molecular flexibility index (Phi) is 5.35. The highest BCUT2D eigenvalue weighted by atomic mass is 14.6. The maximum Gasteiger partial charge on any atom is 0.0297 e. The molecule has 116 valence electrons. The standard InChI is InChI=1S/C20H31N/c21-20(15-16-7-3-1-4-8-16)19-13-11-18(12-14-19)17-9-5-2-6-10-17/h11-14,16-17,20H,1-10,15,21H2. The summed E-state index contributed by atoms with van der Waals surface area (Å²) in [6.07, 6.45) is 15.3. The Morgan fingerprint density at radius 1 is 0.810 bits per heavy atom. The van der Waals surface area contributed by atoms with Gasteiger partial charge in [0, 0.05) is 6.04 Å². The Morgan fingerprint density at radius 2 is 1.38 bits per heavy atom. The van der Waals surface area contributed by atoms with Crippen molar-refractivity contribution in [1.29, 1.82) is 0 Å². The first kappa shape index (κ1) is 15.1. The Bertz CT molecular complexity index is 410. The van der Waals surface area contributed by atoms with Gasteiger partial charge in [0.25, 0.3) is 0 Å². The average Bonchev–Trinajstić information content (AvgIpc) is 2.57. The van der Waals surface area contributed by atoms with Crippen molar-refractivity contribution in [3.63, 3.8) is 0 Å². The second-order valence-electron chi connectivity index (χ2n) is 7.35. The second kappa shape index (κ2) is 7.45. The summed E-state index contributed by atoms with van der Waals surface area (Å²) in [5.41, 5.74) is 9.35. The van der Waals surface area contributed by atoms with Crippen LogP contribution in [0.4, 0.5) is 0 Å². The lowest BCUT2D eigenvalue weighted by molar-refractivity contribution is 0.319. The maximum atomic E-state index is 6.45. The van der Waals surface area contributed by atoms with Gasteiger partial charge in [-0.25, -0.2) is 0 Å². The molecule has 0 radical (unpaired) electrons. The molecule has 0 heterocycles. The molecule has 0 aromatic heterocycles. The summed E-state index contributed by atoms with van der Waals surface area (Å²) in [7, 11) is 0. The zero-order valence-electron chi connectivity index (χ0n) is 13.4. The third-order valence-corrected chi connectivity index (χ3v) is 5.75. The third-order valence-electron chi connectivity index (χ3n) is 5.75. The van der Waals surface area contributed by atoms with Crippen LogP contribution in [0.25, 0.3) is 0 Å². The molecule has 1 atom stereocenters. The molecule has 2 N–H and O–H groups in total. The van der Waals surface area contributed by atoms with E-state index in [-0.39, 0.29) is 6.04 Å². The van der Waals surface area contributed by atoms with Gasteiger partial charge in [-0.05, 0) is 42.2 Å². The van der Waals surface area contributed by atoms with E-state index in [4.69, 9.17) is 5.73 Å². The topological polar surface area (TPSA) is 26.0 Å². The maximum absolute atomic E-state index is 6.45. The summed E-state index contributed by atoms with van der Waals surface area (Å²) in [6, 6.07) is 9.56. The number of hydrogen-bond acceptors (Lipinski definition) is 1. The average molecular weight is 285 g/mol. The predicted molar refractivity (Wildman–Crippen MR) is 90.4 cm³/mol. The van der Waals surface area contributed by atoms with E-state index in [9.17, 15) is 0 Å². The number of benzene rings is 1. The molecule has 1 unspecified atom stereocenters. The molecule has 1 heteroatoms. The zero-order valence-corrected chi connectivity index (χ0v) is 13.4. The van der Waals surface area contributed by atoms with Crippen molar-refractivity contribution >= 4 is 0 Å². The highest BCUT2D eigenvalue weighted by Gasteiger charge is 2.19. The van der Waals surface area contributed by atoms with Crippen molar-refractivity contribution in [2.45, 2.75) is 82.6 Å². The molecular weight excluding hydrogens is 254 g/mol. The summed E-state index contributed by atoms with van der Waals surface area (Å²) in [5.74, 6) is 1.68. The van der Waals surface area contributed by atoms with Crippen LogP contribution in [0.2, 0.25) is 0 Å². The van der Waals surface area contributed by atoms with Gasteiger partial charge >= 0.3 is 0 Å². The van der Waals surface area contributed by atoms with E-state index in [1.165, 1.54) is 76.2 Å². The number of rotatable bonds is 4. The van der Waals surface area contributed by atoms with E-state index in [0.717, 1.165) is 11.8 Å². The van der Waals surface area contributed by atoms with Crippen LogP contribution in [0.3, 0.4) is 0 Å². The molecule has 1 nitrogen and oxygen atoms in total. The minimum absolute atomic E-state index is 0.244. The summed E-state index contributed by atoms with van der Waals surface area (Å²) in [5, 5.41) is 0. The third kappa shape index (κ3) is 4.10. The van der Waals surface area contributed by atoms with Gasteiger partial charge in [0.1, 0.15) is 0 Å². The van der Waals surface area contributed by atoms with E-state index in [1.807, 2.05) is 0 Å². The molecule has 2 aliphatic carbocycles. The molecule has 2 fully saturated rings. The van der Waals surface area contributed by atoms with Crippen LogP contribution < -0.4 is 5.73 Å². The predicted octanol–water partition coefficient (Wildman–Crippen LogP) is 5.70. The van der Waals surface area contributed by atoms with Crippen LogP contribution in [-0.2, 0) is 0 Å². The van der Waals surface area contributed by atoms with Crippen molar-refractivity contribution in [3.8, 4) is 0 Å². The first-order chi connectivity index (χ1) is 10.3. The summed E-state index contributed by atoms with van der Waals surface area (Å²) in [6.45, 7) is 0. The Hall–Kier alpha value is -0.820. The van der Waals surface area contributed by atoms with Crippen LogP contribution in [0.1, 0.15) is 93.7 Å². The van der Waals surface area contributed by atoms with Crippen molar-refractivity contribution < 1.29 is 0 Å². The summed E-state index contributed by atoms with van der Waals surface area (Å²) in [4.78, 5) is 0.